The Hall–Kier alpha value is -0.0900. The molecule has 0 radical (unpaired) electrons. The summed E-state index contributed by atoms with van der Waals surface area (Å²) in [5.74, 6) is 2.15. The summed E-state index contributed by atoms with van der Waals surface area (Å²) in [4.78, 5) is 0. The molecule has 88 valence electrons. The third-order valence-corrected chi connectivity index (χ3v) is 4.94. The molecule has 0 heterocycles. The van der Waals surface area contributed by atoms with Crippen LogP contribution in [0.4, 0.5) is 0 Å². The first-order valence-electron chi connectivity index (χ1n) is 5.80. The molecule has 4 atom stereocenters. The largest absolute Gasteiger partial charge is 0.392 e. The molecular formula is C11H20O3S. The zero-order chi connectivity index (χ0) is 11.1. The molecule has 4 heteroatoms. The normalized spacial score (nSPS) is 37.1. The van der Waals surface area contributed by atoms with Crippen LogP contribution in [0.3, 0.4) is 0 Å². The Labute approximate surface area is 91.8 Å². The zero-order valence-electron chi connectivity index (χ0n) is 9.22. The smallest absolute Gasteiger partial charge is 0.149 e. The molecule has 0 spiro atoms. The van der Waals surface area contributed by atoms with Crippen molar-refractivity contribution in [3.8, 4) is 0 Å². The molecule has 4 unspecified atom stereocenters. The molecule has 15 heavy (non-hydrogen) atoms. The molecule has 2 saturated carbocycles. The third kappa shape index (κ3) is 2.94. The highest BCUT2D eigenvalue weighted by molar-refractivity contribution is 7.90. The van der Waals surface area contributed by atoms with E-state index in [1.807, 2.05) is 0 Å². The Bertz CT molecular complexity index is 323. The molecule has 3 nitrogen and oxygen atoms in total. The lowest BCUT2D eigenvalue weighted by atomic mass is 9.85. The highest BCUT2D eigenvalue weighted by atomic mass is 32.2. The molecule has 2 fully saturated rings. The summed E-state index contributed by atoms with van der Waals surface area (Å²) < 4.78 is 22.0. The lowest BCUT2D eigenvalue weighted by molar-refractivity contribution is 0.143. The molecule has 2 aliphatic carbocycles. The molecule has 2 bridgehead atoms. The van der Waals surface area contributed by atoms with Crippen LogP contribution in [-0.2, 0) is 9.84 Å². The van der Waals surface area contributed by atoms with Gasteiger partial charge in [-0.3, -0.25) is 0 Å². The summed E-state index contributed by atoms with van der Waals surface area (Å²) in [6.07, 6.45) is 6.40. The van der Waals surface area contributed by atoms with Gasteiger partial charge in [-0.15, -0.1) is 0 Å². The van der Waals surface area contributed by atoms with E-state index in [0.29, 0.717) is 12.3 Å². The maximum atomic E-state index is 11.0. The fourth-order valence-corrected chi connectivity index (χ4v) is 4.27. The second kappa shape index (κ2) is 4.06. The van der Waals surface area contributed by atoms with E-state index in [0.717, 1.165) is 11.8 Å². The monoisotopic (exact) mass is 232 g/mol. The van der Waals surface area contributed by atoms with Gasteiger partial charge >= 0.3 is 0 Å². The van der Waals surface area contributed by atoms with Gasteiger partial charge < -0.3 is 5.11 Å². The first-order chi connectivity index (χ1) is 6.94. The molecule has 0 aromatic carbocycles. The van der Waals surface area contributed by atoms with Crippen molar-refractivity contribution in [3.05, 3.63) is 0 Å². The molecular weight excluding hydrogens is 212 g/mol. The van der Waals surface area contributed by atoms with Crippen LogP contribution in [-0.4, -0.2) is 31.6 Å². The Morgan fingerprint density at radius 2 is 2.07 bits per heavy atom. The van der Waals surface area contributed by atoms with E-state index in [1.165, 1.54) is 31.9 Å². The highest BCUT2D eigenvalue weighted by Gasteiger charge is 2.40. The molecule has 1 N–H and O–H groups in total. The van der Waals surface area contributed by atoms with Gasteiger partial charge in [-0.25, -0.2) is 8.42 Å². The minimum Gasteiger partial charge on any atom is -0.392 e. The van der Waals surface area contributed by atoms with Crippen molar-refractivity contribution in [1.29, 1.82) is 0 Å². The van der Waals surface area contributed by atoms with E-state index in [9.17, 15) is 13.5 Å². The maximum absolute atomic E-state index is 11.0. The van der Waals surface area contributed by atoms with Crippen molar-refractivity contribution in [2.75, 3.05) is 12.0 Å². The summed E-state index contributed by atoms with van der Waals surface area (Å²) in [5, 5.41) is 9.69. The van der Waals surface area contributed by atoms with Crippen LogP contribution in [0, 0.1) is 17.8 Å². The van der Waals surface area contributed by atoms with E-state index in [-0.39, 0.29) is 5.75 Å². The van der Waals surface area contributed by atoms with Gasteiger partial charge in [0.25, 0.3) is 0 Å². The van der Waals surface area contributed by atoms with E-state index < -0.39 is 15.9 Å². The van der Waals surface area contributed by atoms with Crippen molar-refractivity contribution in [2.45, 2.75) is 38.2 Å². The Morgan fingerprint density at radius 3 is 2.53 bits per heavy atom. The fourth-order valence-electron chi connectivity index (χ4n) is 3.43. The summed E-state index contributed by atoms with van der Waals surface area (Å²) in [5.41, 5.74) is 0. The molecule has 0 aromatic rings. The Morgan fingerprint density at radius 1 is 1.33 bits per heavy atom. The minimum atomic E-state index is -3.03. The van der Waals surface area contributed by atoms with Crippen LogP contribution in [0.15, 0.2) is 0 Å². The predicted octanol–water partition coefficient (Wildman–Crippen LogP) is 1.22. The van der Waals surface area contributed by atoms with Crippen LogP contribution >= 0.6 is 0 Å². The Kier molecular flexibility index (Phi) is 3.08. The van der Waals surface area contributed by atoms with Crippen LogP contribution < -0.4 is 0 Å². The topological polar surface area (TPSA) is 54.4 Å². The van der Waals surface area contributed by atoms with E-state index in [4.69, 9.17) is 0 Å². The molecule has 0 amide bonds. The standard InChI is InChI=1S/C11H20O3S/c1-15(13,14)7-11(12)6-10-5-8-2-3-9(10)4-8/h8-12H,2-7H2,1H3. The number of aliphatic hydroxyl groups excluding tert-OH is 1. The summed E-state index contributed by atoms with van der Waals surface area (Å²) >= 11 is 0. The number of aliphatic hydroxyl groups is 1. The summed E-state index contributed by atoms with van der Waals surface area (Å²) in [6.45, 7) is 0. The van der Waals surface area contributed by atoms with E-state index in [1.54, 1.807) is 0 Å². The number of fused-ring (bicyclic) bond motifs is 2. The summed E-state index contributed by atoms with van der Waals surface area (Å²) in [7, 11) is -3.03. The van der Waals surface area contributed by atoms with Gasteiger partial charge in [0.2, 0.25) is 0 Å². The van der Waals surface area contributed by atoms with Crippen LogP contribution in [0.25, 0.3) is 0 Å². The van der Waals surface area contributed by atoms with Gasteiger partial charge in [-0.05, 0) is 43.4 Å². The zero-order valence-corrected chi connectivity index (χ0v) is 10.0. The van der Waals surface area contributed by atoms with E-state index in [2.05, 4.69) is 0 Å². The van der Waals surface area contributed by atoms with Gasteiger partial charge in [0.1, 0.15) is 9.84 Å². The minimum absolute atomic E-state index is 0.0686. The van der Waals surface area contributed by atoms with Crippen LogP contribution in [0.2, 0.25) is 0 Å². The van der Waals surface area contributed by atoms with Gasteiger partial charge in [-0.1, -0.05) is 6.42 Å². The van der Waals surface area contributed by atoms with E-state index >= 15 is 0 Å². The number of rotatable bonds is 4. The van der Waals surface area contributed by atoms with Gasteiger partial charge in [0.05, 0.1) is 11.9 Å². The molecule has 0 aromatic heterocycles. The van der Waals surface area contributed by atoms with Crippen LogP contribution in [0.5, 0.6) is 0 Å². The highest BCUT2D eigenvalue weighted by Crippen LogP contribution is 2.49. The van der Waals surface area contributed by atoms with Crippen LogP contribution in [0.1, 0.15) is 32.1 Å². The molecule has 2 rings (SSSR count). The second-order valence-electron chi connectivity index (χ2n) is 5.42. The second-order valence-corrected chi connectivity index (χ2v) is 7.60. The van der Waals surface area contributed by atoms with Gasteiger partial charge in [-0.2, -0.15) is 0 Å². The SMILES string of the molecule is CS(=O)(=O)CC(O)CC1CC2CCC1C2. The van der Waals surface area contributed by atoms with Crippen molar-refractivity contribution in [1.82, 2.24) is 0 Å². The number of sulfone groups is 1. The quantitative estimate of drug-likeness (QED) is 0.793. The molecule has 2 aliphatic rings. The van der Waals surface area contributed by atoms with Crippen molar-refractivity contribution < 1.29 is 13.5 Å². The average molecular weight is 232 g/mol. The fraction of sp³-hybridized carbons (Fsp3) is 1.00. The molecule has 0 aliphatic heterocycles. The lowest BCUT2D eigenvalue weighted by Crippen LogP contribution is -2.25. The van der Waals surface area contributed by atoms with Gasteiger partial charge in [0, 0.05) is 6.26 Å². The lowest BCUT2D eigenvalue weighted by Gasteiger charge is -2.23. The van der Waals surface area contributed by atoms with Crippen molar-refractivity contribution in [2.24, 2.45) is 17.8 Å². The summed E-state index contributed by atoms with van der Waals surface area (Å²) in [6, 6.07) is 0. The predicted molar refractivity (Wildman–Crippen MR) is 59.3 cm³/mol. The Balaban J connectivity index is 1.82. The van der Waals surface area contributed by atoms with Crippen molar-refractivity contribution >= 4 is 9.84 Å². The number of hydrogen-bond donors (Lipinski definition) is 1. The average Bonchev–Trinajstić information content (AvgIpc) is 2.60. The first kappa shape index (κ1) is 11.4. The first-order valence-corrected chi connectivity index (χ1v) is 7.86. The molecule has 0 saturated heterocycles. The number of hydrogen-bond acceptors (Lipinski definition) is 3. The third-order valence-electron chi connectivity index (χ3n) is 3.95. The van der Waals surface area contributed by atoms with Gasteiger partial charge in [0.15, 0.2) is 0 Å². The van der Waals surface area contributed by atoms with Crippen molar-refractivity contribution in [3.63, 3.8) is 0 Å². The maximum Gasteiger partial charge on any atom is 0.149 e.